The van der Waals surface area contributed by atoms with Gasteiger partial charge in [-0.2, -0.15) is 5.26 Å². The van der Waals surface area contributed by atoms with Crippen molar-refractivity contribution < 1.29 is 4.74 Å². The molecule has 0 fully saturated rings. The van der Waals surface area contributed by atoms with Gasteiger partial charge in [-0.15, -0.1) is 0 Å². The van der Waals surface area contributed by atoms with E-state index in [9.17, 15) is 0 Å². The summed E-state index contributed by atoms with van der Waals surface area (Å²) in [5.41, 5.74) is 1.48. The van der Waals surface area contributed by atoms with Crippen molar-refractivity contribution in [2.75, 3.05) is 19.9 Å². The van der Waals surface area contributed by atoms with Crippen LogP contribution in [0.4, 0.5) is 0 Å². The Hall–Kier alpha value is -1.71. The molecule has 0 spiro atoms. The molecule has 0 aliphatic rings. The molecular weight excluding hydrogens is 284 g/mol. The molecule has 1 unspecified atom stereocenters. The third kappa shape index (κ3) is 3.90. The molecule has 1 atom stereocenters. The van der Waals surface area contributed by atoms with Gasteiger partial charge in [0.25, 0.3) is 0 Å². The lowest BCUT2D eigenvalue weighted by Crippen LogP contribution is -2.37. The largest absolute Gasteiger partial charge is 0.497 e. The van der Waals surface area contributed by atoms with E-state index < -0.39 is 5.54 Å². The molecule has 21 heavy (non-hydrogen) atoms. The Labute approximate surface area is 129 Å². The van der Waals surface area contributed by atoms with Crippen molar-refractivity contribution in [1.82, 2.24) is 15.3 Å². The van der Waals surface area contributed by atoms with Crippen molar-refractivity contribution in [2.24, 2.45) is 0 Å². The second-order valence-corrected chi connectivity index (χ2v) is 6.15. The number of imidazole rings is 1. The summed E-state index contributed by atoms with van der Waals surface area (Å²) < 4.78 is 5.20. The van der Waals surface area contributed by atoms with Gasteiger partial charge in [0.05, 0.1) is 24.2 Å². The number of aromatic nitrogens is 2. The highest BCUT2D eigenvalue weighted by molar-refractivity contribution is 7.99. The minimum Gasteiger partial charge on any atom is -0.497 e. The Balaban J connectivity index is 1.91. The number of nitriles is 1. The van der Waals surface area contributed by atoms with E-state index in [1.807, 2.05) is 32.2 Å². The number of benzene rings is 1. The molecule has 1 aromatic carbocycles. The zero-order chi connectivity index (χ0) is 15.3. The summed E-state index contributed by atoms with van der Waals surface area (Å²) in [6, 6.07) is 8.10. The fourth-order valence-electron chi connectivity index (χ4n) is 1.99. The lowest BCUT2D eigenvalue weighted by molar-refractivity contribution is 0.415. The standard InChI is InChI=1S/C15H20N4OS/c1-15(10-16,17-2)7-4-8-21-14-18-12-6-5-11(20-3)9-13(12)19-14/h5-6,9,17H,4,7-8H2,1-3H3,(H,18,19). The summed E-state index contributed by atoms with van der Waals surface area (Å²) in [4.78, 5) is 7.82. The van der Waals surface area contributed by atoms with Crippen LogP contribution >= 0.6 is 11.8 Å². The summed E-state index contributed by atoms with van der Waals surface area (Å²) in [6.45, 7) is 1.92. The van der Waals surface area contributed by atoms with Crippen molar-refractivity contribution >= 4 is 22.8 Å². The molecule has 1 aromatic heterocycles. The smallest absolute Gasteiger partial charge is 0.166 e. The lowest BCUT2D eigenvalue weighted by atomic mass is 9.99. The maximum Gasteiger partial charge on any atom is 0.166 e. The number of nitrogens with one attached hydrogen (secondary N) is 2. The van der Waals surface area contributed by atoms with E-state index in [1.165, 1.54) is 0 Å². The first-order valence-corrected chi connectivity index (χ1v) is 7.85. The average molecular weight is 304 g/mol. The predicted molar refractivity (Wildman–Crippen MR) is 85.7 cm³/mol. The number of methoxy groups -OCH3 is 1. The first-order chi connectivity index (χ1) is 10.1. The maximum atomic E-state index is 9.10. The van der Waals surface area contributed by atoms with Crippen LogP contribution in [0.15, 0.2) is 23.4 Å². The highest BCUT2D eigenvalue weighted by Crippen LogP contribution is 2.24. The van der Waals surface area contributed by atoms with Crippen LogP contribution in [0.25, 0.3) is 11.0 Å². The Morgan fingerprint density at radius 3 is 3.00 bits per heavy atom. The fraction of sp³-hybridized carbons (Fsp3) is 0.467. The average Bonchev–Trinajstić information content (AvgIpc) is 2.93. The molecule has 2 N–H and O–H groups in total. The van der Waals surface area contributed by atoms with Crippen molar-refractivity contribution in [2.45, 2.75) is 30.5 Å². The molecule has 6 heteroatoms. The summed E-state index contributed by atoms with van der Waals surface area (Å²) in [5, 5.41) is 13.1. The van der Waals surface area contributed by atoms with Crippen molar-refractivity contribution in [1.29, 1.82) is 5.26 Å². The van der Waals surface area contributed by atoms with Gasteiger partial charge >= 0.3 is 0 Å². The zero-order valence-corrected chi connectivity index (χ0v) is 13.4. The number of rotatable bonds is 7. The van der Waals surface area contributed by atoms with Crippen LogP contribution in [0.5, 0.6) is 5.75 Å². The molecule has 1 heterocycles. The van der Waals surface area contributed by atoms with E-state index in [2.05, 4.69) is 21.4 Å². The van der Waals surface area contributed by atoms with Crippen molar-refractivity contribution in [3.63, 3.8) is 0 Å². The molecule has 0 aliphatic heterocycles. The van der Waals surface area contributed by atoms with Gasteiger partial charge in [0.15, 0.2) is 5.16 Å². The molecule has 0 saturated carbocycles. The topological polar surface area (TPSA) is 73.7 Å². The molecule has 5 nitrogen and oxygen atoms in total. The van der Waals surface area contributed by atoms with Gasteiger partial charge < -0.3 is 15.0 Å². The van der Waals surface area contributed by atoms with Crippen molar-refractivity contribution in [3.05, 3.63) is 18.2 Å². The van der Waals surface area contributed by atoms with Gasteiger partial charge in [0.2, 0.25) is 0 Å². The summed E-state index contributed by atoms with van der Waals surface area (Å²) in [6.07, 6.45) is 1.77. The molecular formula is C15H20N4OS. The van der Waals surface area contributed by atoms with Gasteiger partial charge in [0, 0.05) is 11.8 Å². The van der Waals surface area contributed by atoms with Gasteiger partial charge in [0.1, 0.15) is 11.3 Å². The van der Waals surface area contributed by atoms with E-state index >= 15 is 0 Å². The zero-order valence-electron chi connectivity index (χ0n) is 12.6. The molecule has 112 valence electrons. The van der Waals surface area contributed by atoms with E-state index in [4.69, 9.17) is 10.00 Å². The Morgan fingerprint density at radius 2 is 2.33 bits per heavy atom. The van der Waals surface area contributed by atoms with Gasteiger partial charge in [-0.1, -0.05) is 11.8 Å². The molecule has 0 bridgehead atoms. The summed E-state index contributed by atoms with van der Waals surface area (Å²) >= 11 is 1.68. The van der Waals surface area contributed by atoms with Crippen LogP contribution in [0, 0.1) is 11.3 Å². The van der Waals surface area contributed by atoms with Crippen LogP contribution in [-0.4, -0.2) is 35.4 Å². The van der Waals surface area contributed by atoms with E-state index in [-0.39, 0.29) is 0 Å². The van der Waals surface area contributed by atoms with Crippen LogP contribution < -0.4 is 10.1 Å². The number of ether oxygens (including phenoxy) is 1. The molecule has 0 aliphatic carbocycles. The highest BCUT2D eigenvalue weighted by atomic mass is 32.2. The van der Waals surface area contributed by atoms with Crippen LogP contribution in [0.1, 0.15) is 19.8 Å². The molecule has 0 amide bonds. The number of thioether (sulfide) groups is 1. The van der Waals surface area contributed by atoms with E-state index in [1.54, 1.807) is 18.9 Å². The van der Waals surface area contributed by atoms with Crippen LogP contribution in [0.3, 0.4) is 0 Å². The number of hydrogen-bond donors (Lipinski definition) is 2. The number of fused-ring (bicyclic) bond motifs is 1. The van der Waals surface area contributed by atoms with Gasteiger partial charge in [-0.3, -0.25) is 0 Å². The first-order valence-electron chi connectivity index (χ1n) is 6.87. The summed E-state index contributed by atoms with van der Waals surface area (Å²) in [5.74, 6) is 1.75. The fourth-order valence-corrected chi connectivity index (χ4v) is 2.82. The van der Waals surface area contributed by atoms with Crippen LogP contribution in [-0.2, 0) is 0 Å². The molecule has 0 radical (unpaired) electrons. The lowest BCUT2D eigenvalue weighted by Gasteiger charge is -2.19. The minimum atomic E-state index is -0.443. The van der Waals surface area contributed by atoms with Crippen LogP contribution in [0.2, 0.25) is 0 Å². The van der Waals surface area contributed by atoms with Gasteiger partial charge in [-0.05, 0) is 38.9 Å². The van der Waals surface area contributed by atoms with Gasteiger partial charge in [-0.25, -0.2) is 4.98 Å². The Kier molecular flexibility index (Phi) is 5.10. The molecule has 2 aromatic rings. The minimum absolute atomic E-state index is 0.443. The number of hydrogen-bond acceptors (Lipinski definition) is 5. The number of nitrogens with zero attached hydrogens (tertiary/aromatic N) is 2. The SMILES string of the molecule is CNC(C)(C#N)CCCSc1nc2ccc(OC)cc2[nH]1. The maximum absolute atomic E-state index is 9.10. The molecule has 0 saturated heterocycles. The quantitative estimate of drug-likeness (QED) is 0.608. The predicted octanol–water partition coefficient (Wildman–Crippen LogP) is 2.95. The monoisotopic (exact) mass is 304 g/mol. The summed E-state index contributed by atoms with van der Waals surface area (Å²) in [7, 11) is 3.48. The molecule has 2 rings (SSSR count). The number of aromatic amines is 1. The Morgan fingerprint density at radius 1 is 1.52 bits per heavy atom. The highest BCUT2D eigenvalue weighted by Gasteiger charge is 2.20. The van der Waals surface area contributed by atoms with E-state index in [0.717, 1.165) is 40.5 Å². The first kappa shape index (κ1) is 15.7. The number of H-pyrrole nitrogens is 1. The third-order valence-corrected chi connectivity index (χ3v) is 4.49. The normalized spacial score (nSPS) is 13.8. The Bertz CT molecular complexity index is 649. The second kappa shape index (κ2) is 6.83. The third-order valence-electron chi connectivity index (χ3n) is 3.53. The van der Waals surface area contributed by atoms with E-state index in [0.29, 0.717) is 0 Å². The second-order valence-electron chi connectivity index (χ2n) is 5.07. The van der Waals surface area contributed by atoms with Crippen molar-refractivity contribution in [3.8, 4) is 11.8 Å².